The van der Waals surface area contributed by atoms with Crippen molar-refractivity contribution in [2.45, 2.75) is 11.8 Å². The van der Waals surface area contributed by atoms with Gasteiger partial charge in [0.25, 0.3) is 0 Å². The summed E-state index contributed by atoms with van der Waals surface area (Å²) < 4.78 is 0. The van der Waals surface area contributed by atoms with Crippen LogP contribution in [-0.4, -0.2) is 19.1 Å². The third kappa shape index (κ3) is 3.39. The van der Waals surface area contributed by atoms with Crippen LogP contribution in [0, 0.1) is 0 Å². The molecule has 2 aromatic rings. The molecule has 0 aromatic heterocycles. The van der Waals surface area contributed by atoms with Gasteiger partial charge >= 0.3 is 0 Å². The van der Waals surface area contributed by atoms with Crippen molar-refractivity contribution in [2.24, 2.45) is 5.10 Å². The minimum absolute atomic E-state index is 0.222. The van der Waals surface area contributed by atoms with E-state index in [1.165, 1.54) is 16.8 Å². The smallest absolute Gasteiger partial charge is 0.120 e. The highest BCUT2D eigenvalue weighted by molar-refractivity contribution is 8.14. The second-order valence-electron chi connectivity index (χ2n) is 5.28. The Labute approximate surface area is 130 Å². The SMILES string of the molecule is CN(C)c1ccc([C@H]2NN=C(Cc3ccccc3)S2)cc1. The average molecular weight is 297 g/mol. The fourth-order valence-electron chi connectivity index (χ4n) is 2.26. The van der Waals surface area contributed by atoms with E-state index < -0.39 is 0 Å². The number of benzene rings is 2. The number of rotatable bonds is 4. The first-order valence-electron chi connectivity index (χ1n) is 7.02. The zero-order chi connectivity index (χ0) is 14.7. The molecule has 1 N–H and O–H groups in total. The lowest BCUT2D eigenvalue weighted by molar-refractivity contribution is 0.742. The summed E-state index contributed by atoms with van der Waals surface area (Å²) in [5, 5.41) is 5.83. The van der Waals surface area contributed by atoms with E-state index in [1.807, 2.05) is 6.07 Å². The largest absolute Gasteiger partial charge is 0.378 e. The normalized spacial score (nSPS) is 17.2. The molecule has 0 amide bonds. The van der Waals surface area contributed by atoms with Crippen molar-refractivity contribution >= 4 is 22.5 Å². The molecule has 0 saturated carbocycles. The fourth-order valence-corrected chi connectivity index (χ4v) is 3.29. The lowest BCUT2D eigenvalue weighted by Crippen LogP contribution is -2.10. The Kier molecular flexibility index (Phi) is 4.15. The minimum atomic E-state index is 0.222. The van der Waals surface area contributed by atoms with Crippen molar-refractivity contribution in [3.63, 3.8) is 0 Å². The molecule has 3 rings (SSSR count). The Hall–Kier alpha value is -1.94. The second-order valence-corrected chi connectivity index (χ2v) is 6.46. The van der Waals surface area contributed by atoms with Crippen LogP contribution in [0.3, 0.4) is 0 Å². The summed E-state index contributed by atoms with van der Waals surface area (Å²) in [6, 6.07) is 19.1. The number of anilines is 1. The summed E-state index contributed by atoms with van der Waals surface area (Å²) in [6.07, 6.45) is 0.894. The molecule has 0 unspecified atom stereocenters. The molecule has 1 atom stereocenters. The zero-order valence-electron chi connectivity index (χ0n) is 12.3. The van der Waals surface area contributed by atoms with Crippen molar-refractivity contribution in [1.82, 2.24) is 5.43 Å². The highest BCUT2D eigenvalue weighted by Crippen LogP contribution is 2.33. The maximum Gasteiger partial charge on any atom is 0.120 e. The predicted octanol–water partition coefficient (Wildman–Crippen LogP) is 3.64. The molecule has 0 aliphatic carbocycles. The van der Waals surface area contributed by atoms with Gasteiger partial charge in [-0.1, -0.05) is 54.2 Å². The number of hydrazone groups is 1. The summed E-state index contributed by atoms with van der Waals surface area (Å²) in [5.74, 6) is 0. The molecule has 0 spiro atoms. The molecule has 1 aliphatic heterocycles. The van der Waals surface area contributed by atoms with E-state index in [9.17, 15) is 0 Å². The molecule has 108 valence electrons. The van der Waals surface area contributed by atoms with Gasteiger partial charge in [0, 0.05) is 26.2 Å². The molecular weight excluding hydrogens is 278 g/mol. The first kappa shape index (κ1) is 14.0. The zero-order valence-corrected chi connectivity index (χ0v) is 13.1. The Bertz CT molecular complexity index is 620. The van der Waals surface area contributed by atoms with E-state index in [0.717, 1.165) is 11.5 Å². The van der Waals surface area contributed by atoms with Crippen LogP contribution in [0.5, 0.6) is 0 Å². The molecule has 0 radical (unpaired) electrons. The highest BCUT2D eigenvalue weighted by atomic mass is 32.2. The van der Waals surface area contributed by atoms with E-state index in [-0.39, 0.29) is 5.37 Å². The molecular formula is C17H19N3S. The first-order valence-corrected chi connectivity index (χ1v) is 7.90. The third-order valence-electron chi connectivity index (χ3n) is 3.47. The van der Waals surface area contributed by atoms with E-state index in [2.05, 4.69) is 78.1 Å². The van der Waals surface area contributed by atoms with Gasteiger partial charge in [0.2, 0.25) is 0 Å². The summed E-state index contributed by atoms with van der Waals surface area (Å²) in [7, 11) is 4.11. The summed E-state index contributed by atoms with van der Waals surface area (Å²) in [4.78, 5) is 2.11. The van der Waals surface area contributed by atoms with Crippen LogP contribution in [-0.2, 0) is 6.42 Å². The van der Waals surface area contributed by atoms with Crippen LogP contribution in [0.4, 0.5) is 5.69 Å². The van der Waals surface area contributed by atoms with Crippen molar-refractivity contribution in [3.8, 4) is 0 Å². The van der Waals surface area contributed by atoms with Gasteiger partial charge in [-0.25, -0.2) is 0 Å². The van der Waals surface area contributed by atoms with Crippen LogP contribution >= 0.6 is 11.8 Å². The van der Waals surface area contributed by atoms with Crippen molar-refractivity contribution < 1.29 is 0 Å². The lowest BCUT2D eigenvalue weighted by Gasteiger charge is -2.14. The maximum absolute atomic E-state index is 4.47. The molecule has 0 fully saturated rings. The number of nitrogens with zero attached hydrogens (tertiary/aromatic N) is 2. The topological polar surface area (TPSA) is 27.6 Å². The number of hydrogen-bond donors (Lipinski definition) is 1. The predicted molar refractivity (Wildman–Crippen MR) is 91.8 cm³/mol. The van der Waals surface area contributed by atoms with Gasteiger partial charge in [-0.15, -0.1) is 0 Å². The van der Waals surface area contributed by atoms with Crippen LogP contribution in [0.1, 0.15) is 16.5 Å². The van der Waals surface area contributed by atoms with Gasteiger partial charge in [-0.05, 0) is 23.3 Å². The van der Waals surface area contributed by atoms with E-state index in [1.54, 1.807) is 11.8 Å². The monoisotopic (exact) mass is 297 g/mol. The van der Waals surface area contributed by atoms with Gasteiger partial charge in [-0.2, -0.15) is 5.10 Å². The Morgan fingerprint density at radius 3 is 2.43 bits per heavy atom. The molecule has 4 heteroatoms. The summed E-state index contributed by atoms with van der Waals surface area (Å²) in [5.41, 5.74) is 7.01. The van der Waals surface area contributed by atoms with Crippen molar-refractivity contribution in [2.75, 3.05) is 19.0 Å². The van der Waals surface area contributed by atoms with Crippen LogP contribution in [0.25, 0.3) is 0 Å². The molecule has 0 bridgehead atoms. The molecule has 3 nitrogen and oxygen atoms in total. The second kappa shape index (κ2) is 6.22. The van der Waals surface area contributed by atoms with Gasteiger partial charge in [0.1, 0.15) is 5.37 Å². The van der Waals surface area contributed by atoms with E-state index in [4.69, 9.17) is 0 Å². The highest BCUT2D eigenvalue weighted by Gasteiger charge is 2.20. The molecule has 1 aliphatic rings. The fraction of sp³-hybridized carbons (Fsp3) is 0.235. The van der Waals surface area contributed by atoms with Gasteiger partial charge in [-0.3, -0.25) is 5.43 Å². The van der Waals surface area contributed by atoms with Gasteiger partial charge in [0.05, 0.1) is 5.04 Å². The molecule has 2 aromatic carbocycles. The molecule has 21 heavy (non-hydrogen) atoms. The summed E-state index contributed by atoms with van der Waals surface area (Å²) >= 11 is 1.80. The Morgan fingerprint density at radius 2 is 1.76 bits per heavy atom. The van der Waals surface area contributed by atoms with Gasteiger partial charge in [0.15, 0.2) is 0 Å². The van der Waals surface area contributed by atoms with Crippen LogP contribution < -0.4 is 10.3 Å². The Balaban J connectivity index is 1.63. The van der Waals surface area contributed by atoms with Gasteiger partial charge < -0.3 is 4.90 Å². The summed E-state index contributed by atoms with van der Waals surface area (Å²) in [6.45, 7) is 0. The Morgan fingerprint density at radius 1 is 1.05 bits per heavy atom. The van der Waals surface area contributed by atoms with Crippen LogP contribution in [0.15, 0.2) is 59.7 Å². The van der Waals surface area contributed by atoms with E-state index in [0.29, 0.717) is 0 Å². The van der Waals surface area contributed by atoms with Crippen LogP contribution in [0.2, 0.25) is 0 Å². The maximum atomic E-state index is 4.47. The number of hydrogen-bond acceptors (Lipinski definition) is 4. The average Bonchev–Trinajstić information content (AvgIpc) is 2.97. The molecule has 0 saturated heterocycles. The minimum Gasteiger partial charge on any atom is -0.378 e. The van der Waals surface area contributed by atoms with Crippen molar-refractivity contribution in [1.29, 1.82) is 0 Å². The molecule has 1 heterocycles. The number of nitrogens with one attached hydrogen (secondary N) is 1. The first-order chi connectivity index (χ1) is 10.2. The third-order valence-corrected chi connectivity index (χ3v) is 4.59. The lowest BCUT2D eigenvalue weighted by atomic mass is 10.2. The quantitative estimate of drug-likeness (QED) is 0.933. The van der Waals surface area contributed by atoms with E-state index >= 15 is 0 Å². The number of thioether (sulfide) groups is 1. The van der Waals surface area contributed by atoms with Crippen molar-refractivity contribution in [3.05, 3.63) is 65.7 Å². The standard InChI is InChI=1S/C17H19N3S/c1-20(2)15-10-8-14(9-11-15)17-19-18-16(21-17)12-13-6-4-3-5-7-13/h3-11,17,19H,12H2,1-2H3/t17-/m0/s1.